The Bertz CT molecular complexity index is 997. The van der Waals surface area contributed by atoms with Crippen LogP contribution in [0.4, 0.5) is 0 Å². The topological polar surface area (TPSA) is 64.0 Å². The fourth-order valence-corrected chi connectivity index (χ4v) is 4.37. The molecule has 0 fully saturated rings. The predicted molar refractivity (Wildman–Crippen MR) is 117 cm³/mol. The van der Waals surface area contributed by atoms with E-state index >= 15 is 0 Å². The van der Waals surface area contributed by atoms with Crippen LogP contribution in [0, 0.1) is 5.92 Å². The van der Waals surface area contributed by atoms with Crippen LogP contribution in [0.1, 0.15) is 32.1 Å². The molecule has 0 aliphatic rings. The number of fused-ring (bicyclic) bond motifs is 1. The van der Waals surface area contributed by atoms with Gasteiger partial charge in [-0.05, 0) is 42.8 Å². The summed E-state index contributed by atoms with van der Waals surface area (Å²) in [6, 6.07) is 11.3. The number of hydrogen-bond acceptors (Lipinski definition) is 5. The van der Waals surface area contributed by atoms with E-state index in [-0.39, 0.29) is 16.7 Å². The van der Waals surface area contributed by atoms with Crippen LogP contribution in [0.25, 0.3) is 10.9 Å². The second-order valence-electron chi connectivity index (χ2n) is 7.11. The molecule has 0 aliphatic carbocycles. The van der Waals surface area contributed by atoms with Crippen LogP contribution in [-0.4, -0.2) is 20.7 Å². The number of nitrogens with zero attached hydrogens (tertiary/aromatic N) is 2. The summed E-state index contributed by atoms with van der Waals surface area (Å²) in [4.78, 5) is 31.3. The molecule has 0 radical (unpaired) electrons. The van der Waals surface area contributed by atoms with Gasteiger partial charge in [0.05, 0.1) is 22.7 Å². The molecule has 1 unspecified atom stereocenters. The first-order chi connectivity index (χ1) is 13.5. The minimum atomic E-state index is -0.349. The quantitative estimate of drug-likeness (QED) is 0.440. The van der Waals surface area contributed by atoms with Crippen LogP contribution in [0.3, 0.4) is 0 Å². The molecule has 1 aromatic carbocycles. The number of thioether (sulfide) groups is 1. The summed E-state index contributed by atoms with van der Waals surface area (Å²) in [6.45, 7) is 7.23. The van der Waals surface area contributed by atoms with Crippen LogP contribution in [0.2, 0.25) is 0 Å². The lowest BCUT2D eigenvalue weighted by molar-refractivity contribution is -0.120. The van der Waals surface area contributed by atoms with Gasteiger partial charge in [0.25, 0.3) is 5.56 Å². The normalized spacial score (nSPS) is 12.4. The van der Waals surface area contributed by atoms with Gasteiger partial charge in [0.1, 0.15) is 0 Å². The van der Waals surface area contributed by atoms with Gasteiger partial charge in [-0.25, -0.2) is 4.98 Å². The fraction of sp³-hybridized carbons (Fsp3) is 0.381. The third-order valence-electron chi connectivity index (χ3n) is 4.43. The van der Waals surface area contributed by atoms with Crippen LogP contribution in [0.5, 0.6) is 0 Å². The van der Waals surface area contributed by atoms with Crippen molar-refractivity contribution in [3.8, 4) is 0 Å². The Morgan fingerprint density at radius 2 is 2.00 bits per heavy atom. The van der Waals surface area contributed by atoms with E-state index in [1.807, 2.05) is 48.7 Å². The number of amides is 1. The van der Waals surface area contributed by atoms with Crippen molar-refractivity contribution in [2.45, 2.75) is 50.7 Å². The van der Waals surface area contributed by atoms with Gasteiger partial charge in [-0.2, -0.15) is 0 Å². The SMILES string of the molecule is CC(C)CCn1c(SC(C)C(=O)NCc2cccs2)nc2ccccc2c1=O. The summed E-state index contributed by atoms with van der Waals surface area (Å²) in [6.07, 6.45) is 0.881. The molecule has 3 aromatic rings. The summed E-state index contributed by atoms with van der Waals surface area (Å²) < 4.78 is 1.72. The van der Waals surface area contributed by atoms with Crippen molar-refractivity contribution in [2.75, 3.05) is 0 Å². The number of nitrogens with one attached hydrogen (secondary N) is 1. The van der Waals surface area contributed by atoms with Crippen molar-refractivity contribution in [3.05, 3.63) is 57.0 Å². The number of aromatic nitrogens is 2. The Morgan fingerprint density at radius 1 is 1.21 bits per heavy atom. The zero-order valence-electron chi connectivity index (χ0n) is 16.3. The summed E-state index contributed by atoms with van der Waals surface area (Å²) in [5.74, 6) is 0.416. The lowest BCUT2D eigenvalue weighted by Gasteiger charge is -2.17. The predicted octanol–water partition coefficient (Wildman–Crippen LogP) is 4.30. The molecule has 0 saturated heterocycles. The Labute approximate surface area is 173 Å². The van der Waals surface area contributed by atoms with Gasteiger partial charge >= 0.3 is 0 Å². The molecule has 2 heterocycles. The molecule has 0 aliphatic heterocycles. The Kier molecular flexibility index (Phi) is 6.91. The maximum Gasteiger partial charge on any atom is 0.262 e. The molecule has 1 amide bonds. The maximum absolute atomic E-state index is 13.0. The Hall–Kier alpha value is -2.12. The summed E-state index contributed by atoms with van der Waals surface area (Å²) in [5, 5.41) is 5.82. The standard InChI is InChI=1S/C21H25N3O2S2/c1-14(2)10-11-24-20(26)17-8-4-5-9-18(17)23-21(24)28-15(3)19(25)22-13-16-7-6-12-27-16/h4-9,12,14-15H,10-11,13H2,1-3H3,(H,22,25). The first-order valence-electron chi connectivity index (χ1n) is 9.42. The summed E-state index contributed by atoms with van der Waals surface area (Å²) in [5.41, 5.74) is 0.627. The van der Waals surface area contributed by atoms with E-state index in [2.05, 4.69) is 19.2 Å². The van der Waals surface area contributed by atoms with E-state index in [0.717, 1.165) is 11.3 Å². The molecule has 0 saturated carbocycles. The third kappa shape index (κ3) is 5.02. The van der Waals surface area contributed by atoms with E-state index < -0.39 is 0 Å². The molecule has 3 rings (SSSR count). The number of para-hydroxylation sites is 1. The number of benzene rings is 1. The molecule has 28 heavy (non-hydrogen) atoms. The fourth-order valence-electron chi connectivity index (χ4n) is 2.76. The van der Waals surface area contributed by atoms with Gasteiger partial charge < -0.3 is 5.32 Å². The van der Waals surface area contributed by atoms with Crippen molar-refractivity contribution < 1.29 is 4.79 Å². The molecule has 0 spiro atoms. The van der Waals surface area contributed by atoms with E-state index in [0.29, 0.717) is 35.1 Å². The van der Waals surface area contributed by atoms with Crippen molar-refractivity contribution in [1.29, 1.82) is 0 Å². The van der Waals surface area contributed by atoms with Crippen molar-refractivity contribution in [3.63, 3.8) is 0 Å². The first-order valence-corrected chi connectivity index (χ1v) is 11.2. The van der Waals surface area contributed by atoms with Gasteiger partial charge in [-0.15, -0.1) is 11.3 Å². The van der Waals surface area contributed by atoms with E-state index in [1.165, 1.54) is 11.8 Å². The Balaban J connectivity index is 1.82. The number of carbonyl (C=O) groups excluding carboxylic acids is 1. The van der Waals surface area contributed by atoms with Gasteiger partial charge in [-0.3, -0.25) is 14.2 Å². The van der Waals surface area contributed by atoms with Gasteiger partial charge in [-0.1, -0.05) is 43.8 Å². The highest BCUT2D eigenvalue weighted by molar-refractivity contribution is 8.00. The lowest BCUT2D eigenvalue weighted by atomic mass is 10.1. The van der Waals surface area contributed by atoms with Crippen molar-refractivity contribution in [1.82, 2.24) is 14.9 Å². The minimum Gasteiger partial charge on any atom is -0.350 e. The number of hydrogen-bond donors (Lipinski definition) is 1. The first kappa shape index (κ1) is 20.6. The Morgan fingerprint density at radius 3 is 2.71 bits per heavy atom. The highest BCUT2D eigenvalue weighted by Crippen LogP contribution is 2.23. The average molecular weight is 416 g/mol. The molecule has 7 heteroatoms. The zero-order chi connectivity index (χ0) is 20.1. The monoisotopic (exact) mass is 415 g/mol. The maximum atomic E-state index is 13.0. The molecule has 1 N–H and O–H groups in total. The van der Waals surface area contributed by atoms with Crippen LogP contribution < -0.4 is 10.9 Å². The van der Waals surface area contributed by atoms with Crippen LogP contribution in [-0.2, 0) is 17.9 Å². The van der Waals surface area contributed by atoms with Crippen LogP contribution in [0.15, 0.2) is 51.7 Å². The molecule has 148 valence electrons. The average Bonchev–Trinajstić information content (AvgIpc) is 3.19. The van der Waals surface area contributed by atoms with Gasteiger partial charge in [0.2, 0.25) is 5.91 Å². The summed E-state index contributed by atoms with van der Waals surface area (Å²) in [7, 11) is 0. The molecular weight excluding hydrogens is 390 g/mol. The lowest BCUT2D eigenvalue weighted by Crippen LogP contribution is -2.31. The van der Waals surface area contributed by atoms with Crippen LogP contribution >= 0.6 is 23.1 Å². The van der Waals surface area contributed by atoms with Gasteiger partial charge in [0.15, 0.2) is 5.16 Å². The summed E-state index contributed by atoms with van der Waals surface area (Å²) >= 11 is 2.96. The van der Waals surface area contributed by atoms with Crippen molar-refractivity contribution >= 4 is 39.9 Å². The molecule has 0 bridgehead atoms. The third-order valence-corrected chi connectivity index (χ3v) is 6.39. The van der Waals surface area contributed by atoms with Crippen molar-refractivity contribution in [2.24, 2.45) is 5.92 Å². The van der Waals surface area contributed by atoms with Gasteiger partial charge in [0, 0.05) is 11.4 Å². The van der Waals surface area contributed by atoms with E-state index in [4.69, 9.17) is 4.98 Å². The molecule has 1 atom stereocenters. The number of rotatable bonds is 8. The second kappa shape index (κ2) is 9.39. The molecule has 5 nitrogen and oxygen atoms in total. The number of thiophene rings is 1. The minimum absolute atomic E-state index is 0.0417. The molecule has 2 aromatic heterocycles. The second-order valence-corrected chi connectivity index (χ2v) is 9.45. The highest BCUT2D eigenvalue weighted by Gasteiger charge is 2.19. The van der Waals surface area contributed by atoms with E-state index in [9.17, 15) is 9.59 Å². The van der Waals surface area contributed by atoms with E-state index in [1.54, 1.807) is 15.9 Å². The number of carbonyl (C=O) groups is 1. The largest absolute Gasteiger partial charge is 0.350 e. The highest BCUT2D eigenvalue weighted by atomic mass is 32.2. The smallest absolute Gasteiger partial charge is 0.262 e. The molecular formula is C21H25N3O2S2. The zero-order valence-corrected chi connectivity index (χ0v) is 18.0.